The number of carbonyl (C=O) groups is 1. The van der Waals surface area contributed by atoms with E-state index in [0.717, 1.165) is 36.8 Å². The van der Waals surface area contributed by atoms with Crippen LogP contribution in [0.15, 0.2) is 30.8 Å². The summed E-state index contributed by atoms with van der Waals surface area (Å²) in [6.45, 7) is 3.75. The standard InChI is InChI=1S/C16H18O2/c1-2-11-4-3-5-12(8-11)16(17)13-9-14-6-7-15(10-13)18-14/h2-5,8,13-15H,1,6-7,9-10H2. The highest BCUT2D eigenvalue weighted by Gasteiger charge is 2.38. The molecule has 0 saturated carbocycles. The van der Waals surface area contributed by atoms with Crippen LogP contribution in [-0.2, 0) is 4.74 Å². The summed E-state index contributed by atoms with van der Waals surface area (Å²) < 4.78 is 5.79. The molecule has 2 atom stereocenters. The van der Waals surface area contributed by atoms with Gasteiger partial charge in [0.15, 0.2) is 5.78 Å². The van der Waals surface area contributed by atoms with Crippen molar-refractivity contribution in [3.63, 3.8) is 0 Å². The summed E-state index contributed by atoms with van der Waals surface area (Å²) in [5.41, 5.74) is 1.83. The van der Waals surface area contributed by atoms with E-state index in [1.807, 2.05) is 24.3 Å². The zero-order valence-corrected chi connectivity index (χ0v) is 10.5. The van der Waals surface area contributed by atoms with Gasteiger partial charge in [-0.1, -0.05) is 30.9 Å². The van der Waals surface area contributed by atoms with E-state index in [4.69, 9.17) is 4.74 Å². The van der Waals surface area contributed by atoms with Crippen molar-refractivity contribution in [3.05, 3.63) is 42.0 Å². The van der Waals surface area contributed by atoms with E-state index < -0.39 is 0 Å². The molecule has 0 amide bonds. The second-order valence-corrected chi connectivity index (χ2v) is 5.32. The van der Waals surface area contributed by atoms with Crippen LogP contribution in [0.5, 0.6) is 0 Å². The second-order valence-electron chi connectivity index (χ2n) is 5.32. The molecule has 2 unspecified atom stereocenters. The van der Waals surface area contributed by atoms with E-state index in [9.17, 15) is 4.79 Å². The molecule has 0 aromatic heterocycles. The first-order valence-electron chi connectivity index (χ1n) is 6.68. The average Bonchev–Trinajstić information content (AvgIpc) is 2.76. The molecular weight excluding hydrogens is 224 g/mol. The Kier molecular flexibility index (Phi) is 3.04. The van der Waals surface area contributed by atoms with Crippen molar-refractivity contribution in [2.45, 2.75) is 37.9 Å². The quantitative estimate of drug-likeness (QED) is 0.759. The lowest BCUT2D eigenvalue weighted by molar-refractivity contribution is -0.0149. The van der Waals surface area contributed by atoms with Crippen molar-refractivity contribution in [1.82, 2.24) is 0 Å². The molecule has 0 spiro atoms. The molecule has 94 valence electrons. The third-order valence-corrected chi connectivity index (χ3v) is 4.07. The molecule has 2 bridgehead atoms. The van der Waals surface area contributed by atoms with Crippen LogP contribution in [0.4, 0.5) is 0 Å². The van der Waals surface area contributed by atoms with Gasteiger partial charge in [0, 0.05) is 11.5 Å². The molecule has 2 heterocycles. The number of carbonyl (C=O) groups excluding carboxylic acids is 1. The maximum atomic E-state index is 12.5. The van der Waals surface area contributed by atoms with Gasteiger partial charge in [-0.15, -0.1) is 0 Å². The fraction of sp³-hybridized carbons (Fsp3) is 0.438. The lowest BCUT2D eigenvalue weighted by atomic mass is 9.87. The van der Waals surface area contributed by atoms with E-state index >= 15 is 0 Å². The monoisotopic (exact) mass is 242 g/mol. The molecule has 2 aliphatic rings. The van der Waals surface area contributed by atoms with E-state index in [2.05, 4.69) is 6.58 Å². The van der Waals surface area contributed by atoms with Gasteiger partial charge in [-0.25, -0.2) is 0 Å². The Morgan fingerprint density at radius 1 is 1.28 bits per heavy atom. The predicted octanol–water partition coefficient (Wildman–Crippen LogP) is 3.47. The van der Waals surface area contributed by atoms with Crippen LogP contribution in [-0.4, -0.2) is 18.0 Å². The van der Waals surface area contributed by atoms with Crippen molar-refractivity contribution in [1.29, 1.82) is 0 Å². The lowest BCUT2D eigenvalue weighted by Crippen LogP contribution is -2.30. The highest BCUT2D eigenvalue weighted by Crippen LogP contribution is 2.37. The summed E-state index contributed by atoms with van der Waals surface area (Å²) >= 11 is 0. The molecule has 3 rings (SSSR count). The zero-order chi connectivity index (χ0) is 12.5. The normalized spacial score (nSPS) is 30.1. The number of benzene rings is 1. The minimum atomic E-state index is 0.149. The Morgan fingerprint density at radius 2 is 2.00 bits per heavy atom. The van der Waals surface area contributed by atoms with Crippen LogP contribution in [0.1, 0.15) is 41.6 Å². The Labute approximate surface area is 108 Å². The van der Waals surface area contributed by atoms with Crippen molar-refractivity contribution < 1.29 is 9.53 Å². The average molecular weight is 242 g/mol. The molecule has 0 aliphatic carbocycles. The zero-order valence-electron chi connectivity index (χ0n) is 10.5. The summed E-state index contributed by atoms with van der Waals surface area (Å²) in [7, 11) is 0. The highest BCUT2D eigenvalue weighted by molar-refractivity contribution is 5.98. The van der Waals surface area contributed by atoms with Crippen molar-refractivity contribution in [2.75, 3.05) is 0 Å². The molecule has 18 heavy (non-hydrogen) atoms. The molecule has 2 nitrogen and oxygen atoms in total. The van der Waals surface area contributed by atoms with Crippen LogP contribution in [0.2, 0.25) is 0 Å². The van der Waals surface area contributed by atoms with Crippen molar-refractivity contribution in [2.24, 2.45) is 5.92 Å². The molecule has 2 heteroatoms. The van der Waals surface area contributed by atoms with E-state index in [1.165, 1.54) is 0 Å². The van der Waals surface area contributed by atoms with Gasteiger partial charge in [-0.2, -0.15) is 0 Å². The van der Waals surface area contributed by atoms with Gasteiger partial charge >= 0.3 is 0 Å². The molecule has 1 aromatic rings. The van der Waals surface area contributed by atoms with Crippen LogP contribution in [0.25, 0.3) is 6.08 Å². The largest absolute Gasteiger partial charge is 0.375 e. The topological polar surface area (TPSA) is 26.3 Å². The summed E-state index contributed by atoms with van der Waals surface area (Å²) in [6, 6.07) is 7.75. The third-order valence-electron chi connectivity index (χ3n) is 4.07. The van der Waals surface area contributed by atoms with E-state index in [0.29, 0.717) is 12.2 Å². The number of fused-ring (bicyclic) bond motifs is 2. The number of hydrogen-bond donors (Lipinski definition) is 0. The Balaban J connectivity index is 1.79. The predicted molar refractivity (Wildman–Crippen MR) is 71.5 cm³/mol. The smallest absolute Gasteiger partial charge is 0.166 e. The minimum Gasteiger partial charge on any atom is -0.375 e. The van der Waals surface area contributed by atoms with Gasteiger partial charge in [0.1, 0.15) is 0 Å². The van der Waals surface area contributed by atoms with Crippen molar-refractivity contribution >= 4 is 11.9 Å². The summed E-state index contributed by atoms with van der Waals surface area (Å²) in [4.78, 5) is 12.5. The molecule has 0 radical (unpaired) electrons. The van der Waals surface area contributed by atoms with E-state index in [-0.39, 0.29) is 11.7 Å². The highest BCUT2D eigenvalue weighted by atomic mass is 16.5. The number of ether oxygens (including phenoxy) is 1. The third kappa shape index (κ3) is 2.13. The molecular formula is C16H18O2. The molecule has 2 aliphatic heterocycles. The number of rotatable bonds is 3. The molecule has 1 aromatic carbocycles. The maximum Gasteiger partial charge on any atom is 0.166 e. The lowest BCUT2D eigenvalue weighted by Gasteiger charge is -2.27. The molecule has 0 N–H and O–H groups in total. The van der Waals surface area contributed by atoms with Gasteiger partial charge in [-0.05, 0) is 37.3 Å². The summed E-state index contributed by atoms with van der Waals surface area (Å²) in [6.07, 6.45) is 6.47. The van der Waals surface area contributed by atoms with Gasteiger partial charge in [0.05, 0.1) is 12.2 Å². The Morgan fingerprint density at radius 3 is 2.67 bits per heavy atom. The number of Topliss-reactive ketones (excluding diaryl/α,β-unsaturated/α-hetero) is 1. The summed E-state index contributed by atoms with van der Waals surface area (Å²) in [5.74, 6) is 0.426. The van der Waals surface area contributed by atoms with Gasteiger partial charge in [0.25, 0.3) is 0 Å². The minimum absolute atomic E-state index is 0.149. The Hall–Kier alpha value is -1.41. The fourth-order valence-electron chi connectivity index (χ4n) is 3.13. The number of hydrogen-bond acceptors (Lipinski definition) is 2. The summed E-state index contributed by atoms with van der Waals surface area (Å²) in [5, 5.41) is 0. The van der Waals surface area contributed by atoms with Crippen molar-refractivity contribution in [3.8, 4) is 0 Å². The van der Waals surface area contributed by atoms with Crippen LogP contribution >= 0.6 is 0 Å². The fourth-order valence-corrected chi connectivity index (χ4v) is 3.13. The van der Waals surface area contributed by atoms with Gasteiger partial charge in [0.2, 0.25) is 0 Å². The first-order valence-corrected chi connectivity index (χ1v) is 6.68. The van der Waals surface area contributed by atoms with Crippen LogP contribution in [0, 0.1) is 5.92 Å². The maximum absolute atomic E-state index is 12.5. The van der Waals surface area contributed by atoms with Gasteiger partial charge in [-0.3, -0.25) is 4.79 Å². The Bertz CT molecular complexity index is 466. The van der Waals surface area contributed by atoms with Gasteiger partial charge < -0.3 is 4.74 Å². The second kappa shape index (κ2) is 4.69. The SMILES string of the molecule is C=Cc1cccc(C(=O)C2CC3CCC(C2)O3)c1. The molecule has 2 saturated heterocycles. The number of ketones is 1. The van der Waals surface area contributed by atoms with E-state index in [1.54, 1.807) is 6.08 Å². The first-order chi connectivity index (χ1) is 8.76. The van der Waals surface area contributed by atoms with Crippen LogP contribution < -0.4 is 0 Å². The van der Waals surface area contributed by atoms with Crippen LogP contribution in [0.3, 0.4) is 0 Å². The first kappa shape index (κ1) is 11.7. The molecule has 2 fully saturated rings.